The first-order chi connectivity index (χ1) is 9.93. The number of rotatable bonds is 5. The molecule has 0 aliphatic carbocycles. The second kappa shape index (κ2) is 5.90. The van der Waals surface area contributed by atoms with Crippen LogP contribution in [0.3, 0.4) is 0 Å². The normalized spacial score (nSPS) is 10.7. The molecule has 0 bridgehead atoms. The molecule has 2 aromatic heterocycles. The summed E-state index contributed by atoms with van der Waals surface area (Å²) in [5.41, 5.74) is 3.91. The molecule has 7 nitrogen and oxygen atoms in total. The van der Waals surface area contributed by atoms with Gasteiger partial charge in [0.1, 0.15) is 0 Å². The summed E-state index contributed by atoms with van der Waals surface area (Å²) < 4.78 is 1.75. The molecular formula is C14H19N5O2. The fourth-order valence-electron chi connectivity index (χ4n) is 2.35. The molecule has 0 aromatic carbocycles. The third-order valence-electron chi connectivity index (χ3n) is 3.44. The molecule has 0 spiro atoms. The van der Waals surface area contributed by atoms with Crippen molar-refractivity contribution >= 4 is 11.4 Å². The number of anilines is 1. The molecule has 0 aliphatic rings. The highest BCUT2D eigenvalue weighted by atomic mass is 16.6. The van der Waals surface area contributed by atoms with Gasteiger partial charge >= 0.3 is 0 Å². The molecule has 0 fully saturated rings. The van der Waals surface area contributed by atoms with Crippen LogP contribution in [0.25, 0.3) is 0 Å². The van der Waals surface area contributed by atoms with Gasteiger partial charge in [-0.15, -0.1) is 0 Å². The first kappa shape index (κ1) is 15.0. The second-order valence-corrected chi connectivity index (χ2v) is 4.99. The average molecular weight is 289 g/mol. The molecule has 7 heteroatoms. The van der Waals surface area contributed by atoms with Crippen LogP contribution in [-0.4, -0.2) is 19.7 Å². The van der Waals surface area contributed by atoms with E-state index in [0.717, 1.165) is 17.8 Å². The minimum absolute atomic E-state index is 0.142. The Morgan fingerprint density at radius 3 is 2.71 bits per heavy atom. The number of pyridine rings is 1. The number of hydrogen-bond donors (Lipinski definition) is 1. The van der Waals surface area contributed by atoms with Crippen LogP contribution < -0.4 is 5.32 Å². The topological polar surface area (TPSA) is 85.9 Å². The molecule has 0 atom stereocenters. The minimum Gasteiger partial charge on any atom is -0.377 e. The lowest BCUT2D eigenvalue weighted by Gasteiger charge is -2.09. The zero-order valence-electron chi connectivity index (χ0n) is 12.7. The van der Waals surface area contributed by atoms with Crippen molar-refractivity contribution in [3.05, 3.63) is 45.0 Å². The summed E-state index contributed by atoms with van der Waals surface area (Å²) in [6.45, 7) is 5.91. The fourth-order valence-corrected chi connectivity index (χ4v) is 2.35. The van der Waals surface area contributed by atoms with E-state index in [1.54, 1.807) is 24.7 Å². The number of nitrogens with zero attached hydrogens (tertiary/aromatic N) is 4. The van der Waals surface area contributed by atoms with Gasteiger partial charge in [-0.2, -0.15) is 5.10 Å². The van der Waals surface area contributed by atoms with Gasteiger partial charge < -0.3 is 5.32 Å². The molecule has 0 amide bonds. The Labute approximate surface area is 123 Å². The minimum atomic E-state index is -0.350. The predicted molar refractivity (Wildman–Crippen MR) is 80.3 cm³/mol. The number of aromatic nitrogens is 3. The largest absolute Gasteiger partial charge is 0.377 e. The summed E-state index contributed by atoms with van der Waals surface area (Å²) >= 11 is 0. The summed E-state index contributed by atoms with van der Waals surface area (Å²) in [6.07, 6.45) is 4.27. The summed E-state index contributed by atoms with van der Waals surface area (Å²) in [4.78, 5) is 15.1. The van der Waals surface area contributed by atoms with E-state index in [-0.39, 0.29) is 10.6 Å². The van der Waals surface area contributed by atoms with Gasteiger partial charge in [-0.1, -0.05) is 6.92 Å². The Hall–Kier alpha value is -2.44. The van der Waals surface area contributed by atoms with Gasteiger partial charge in [0.15, 0.2) is 0 Å². The molecule has 0 aliphatic heterocycles. The van der Waals surface area contributed by atoms with E-state index in [4.69, 9.17) is 0 Å². The predicted octanol–water partition coefficient (Wildman–Crippen LogP) is 2.51. The van der Waals surface area contributed by atoms with Crippen LogP contribution >= 0.6 is 0 Å². The van der Waals surface area contributed by atoms with Gasteiger partial charge in [0, 0.05) is 25.0 Å². The van der Waals surface area contributed by atoms with Crippen LogP contribution in [0.15, 0.2) is 12.4 Å². The summed E-state index contributed by atoms with van der Waals surface area (Å²) in [6, 6.07) is 0. The molecule has 0 saturated carbocycles. The van der Waals surface area contributed by atoms with Crippen LogP contribution in [0.4, 0.5) is 11.4 Å². The van der Waals surface area contributed by atoms with E-state index >= 15 is 0 Å². The van der Waals surface area contributed by atoms with Gasteiger partial charge in [-0.25, -0.2) is 0 Å². The monoisotopic (exact) mass is 289 g/mol. The maximum Gasteiger partial charge on any atom is 0.278 e. The van der Waals surface area contributed by atoms with Crippen molar-refractivity contribution in [1.82, 2.24) is 14.8 Å². The quantitative estimate of drug-likeness (QED) is 0.675. The fraction of sp³-hybridized carbons (Fsp3) is 0.429. The standard InChI is InChI=1S/C14H19N5O2/c1-5-11-13(8-18(4)17-11)16-7-12-10(3)14(19(20)21)9(2)6-15-12/h6,8,16H,5,7H2,1-4H3. The Morgan fingerprint density at radius 1 is 1.38 bits per heavy atom. The maximum absolute atomic E-state index is 11.1. The molecule has 2 rings (SSSR count). The van der Waals surface area contributed by atoms with Gasteiger partial charge in [-0.05, 0) is 20.3 Å². The van der Waals surface area contributed by atoms with Gasteiger partial charge in [0.2, 0.25) is 0 Å². The van der Waals surface area contributed by atoms with Crippen LogP contribution in [0.1, 0.15) is 29.4 Å². The molecule has 1 N–H and O–H groups in total. The van der Waals surface area contributed by atoms with E-state index in [0.29, 0.717) is 23.4 Å². The zero-order valence-corrected chi connectivity index (χ0v) is 12.7. The third-order valence-corrected chi connectivity index (χ3v) is 3.44. The Morgan fingerprint density at radius 2 is 2.10 bits per heavy atom. The highest BCUT2D eigenvalue weighted by molar-refractivity contribution is 5.50. The first-order valence-electron chi connectivity index (χ1n) is 6.79. The molecule has 21 heavy (non-hydrogen) atoms. The van der Waals surface area contributed by atoms with Crippen LogP contribution in [-0.2, 0) is 20.0 Å². The molecule has 0 unspecified atom stereocenters. The van der Waals surface area contributed by atoms with Gasteiger partial charge in [0.25, 0.3) is 5.69 Å². The summed E-state index contributed by atoms with van der Waals surface area (Å²) in [7, 11) is 1.87. The molecule has 0 radical (unpaired) electrons. The van der Waals surface area contributed by atoms with Gasteiger partial charge in [-0.3, -0.25) is 19.8 Å². The van der Waals surface area contributed by atoms with Crippen LogP contribution in [0.2, 0.25) is 0 Å². The summed E-state index contributed by atoms with van der Waals surface area (Å²) in [5.74, 6) is 0. The van der Waals surface area contributed by atoms with E-state index in [2.05, 4.69) is 15.4 Å². The van der Waals surface area contributed by atoms with E-state index < -0.39 is 0 Å². The van der Waals surface area contributed by atoms with Crippen molar-refractivity contribution in [2.24, 2.45) is 7.05 Å². The third kappa shape index (κ3) is 3.01. The molecule has 2 aromatic rings. The molecule has 0 saturated heterocycles. The van der Waals surface area contributed by atoms with Crippen molar-refractivity contribution < 1.29 is 4.92 Å². The Bertz CT molecular complexity index is 678. The summed E-state index contributed by atoms with van der Waals surface area (Å²) in [5, 5.41) is 18.7. The molecular weight excluding hydrogens is 270 g/mol. The Balaban J connectivity index is 2.24. The highest BCUT2D eigenvalue weighted by Crippen LogP contribution is 2.25. The van der Waals surface area contributed by atoms with E-state index in [1.165, 1.54) is 0 Å². The van der Waals surface area contributed by atoms with Crippen LogP contribution in [0, 0.1) is 24.0 Å². The van der Waals surface area contributed by atoms with Crippen molar-refractivity contribution in [3.8, 4) is 0 Å². The van der Waals surface area contributed by atoms with Crippen molar-refractivity contribution in [3.63, 3.8) is 0 Å². The Kier molecular flexibility index (Phi) is 4.21. The van der Waals surface area contributed by atoms with Crippen molar-refractivity contribution in [2.45, 2.75) is 33.7 Å². The number of nitrogens with one attached hydrogen (secondary N) is 1. The number of hydrogen-bond acceptors (Lipinski definition) is 5. The second-order valence-electron chi connectivity index (χ2n) is 4.99. The molecule has 112 valence electrons. The van der Waals surface area contributed by atoms with Crippen LogP contribution in [0.5, 0.6) is 0 Å². The van der Waals surface area contributed by atoms with Gasteiger partial charge in [0.05, 0.1) is 34.1 Å². The zero-order chi connectivity index (χ0) is 15.6. The lowest BCUT2D eigenvalue weighted by atomic mass is 10.1. The first-order valence-corrected chi connectivity index (χ1v) is 6.79. The highest BCUT2D eigenvalue weighted by Gasteiger charge is 2.18. The van der Waals surface area contributed by atoms with E-state index in [9.17, 15) is 10.1 Å². The van der Waals surface area contributed by atoms with E-state index in [1.807, 2.05) is 20.2 Å². The van der Waals surface area contributed by atoms with Crippen molar-refractivity contribution in [2.75, 3.05) is 5.32 Å². The lowest BCUT2D eigenvalue weighted by Crippen LogP contribution is -2.07. The lowest BCUT2D eigenvalue weighted by molar-refractivity contribution is -0.386. The maximum atomic E-state index is 11.1. The smallest absolute Gasteiger partial charge is 0.278 e. The average Bonchev–Trinajstić information content (AvgIpc) is 2.78. The molecule has 2 heterocycles. The SMILES string of the molecule is CCc1nn(C)cc1NCc1ncc(C)c([N+](=O)[O-])c1C. The van der Waals surface area contributed by atoms with Crippen molar-refractivity contribution in [1.29, 1.82) is 0 Å². The number of nitro groups is 1. The number of aryl methyl sites for hydroxylation is 3.